The second kappa shape index (κ2) is 7.27. The first-order chi connectivity index (χ1) is 14.5. The summed E-state index contributed by atoms with van der Waals surface area (Å²) < 4.78 is 2.04. The van der Waals surface area contributed by atoms with E-state index < -0.39 is 5.54 Å². The van der Waals surface area contributed by atoms with Crippen LogP contribution in [0.15, 0.2) is 41.8 Å². The Morgan fingerprint density at radius 1 is 1.20 bits per heavy atom. The number of carbonyl (C=O) groups is 2. The molecule has 1 saturated carbocycles. The molecule has 6 heteroatoms. The van der Waals surface area contributed by atoms with Gasteiger partial charge in [-0.05, 0) is 49.8 Å². The highest BCUT2D eigenvalue weighted by Crippen LogP contribution is 2.35. The van der Waals surface area contributed by atoms with Crippen LogP contribution in [0.3, 0.4) is 0 Å². The van der Waals surface area contributed by atoms with Crippen LogP contribution in [0, 0.1) is 6.92 Å². The molecule has 3 aromatic rings. The maximum atomic E-state index is 13.6. The Morgan fingerprint density at radius 3 is 2.67 bits per heavy atom. The fourth-order valence-electron chi connectivity index (χ4n) is 4.79. The summed E-state index contributed by atoms with van der Waals surface area (Å²) in [4.78, 5) is 30.1. The number of aromatic nitrogens is 1. The Kier molecular flexibility index (Phi) is 4.69. The lowest BCUT2D eigenvalue weighted by molar-refractivity contribution is -0.133. The molecule has 1 unspecified atom stereocenters. The van der Waals surface area contributed by atoms with Gasteiger partial charge in [-0.2, -0.15) is 0 Å². The summed E-state index contributed by atoms with van der Waals surface area (Å²) in [5, 5.41) is 6.36. The van der Waals surface area contributed by atoms with Gasteiger partial charge in [-0.3, -0.25) is 9.59 Å². The second-order valence-corrected chi connectivity index (χ2v) is 9.80. The molecule has 1 aliphatic heterocycles. The number of nitrogens with one attached hydrogen (secondary N) is 1. The Morgan fingerprint density at radius 2 is 1.93 bits per heavy atom. The number of benzene rings is 1. The van der Waals surface area contributed by atoms with Gasteiger partial charge < -0.3 is 14.8 Å². The van der Waals surface area contributed by atoms with Crippen molar-refractivity contribution in [1.82, 2.24) is 14.8 Å². The fourth-order valence-corrected chi connectivity index (χ4v) is 5.69. The zero-order valence-corrected chi connectivity index (χ0v) is 18.3. The average Bonchev–Trinajstić information content (AvgIpc) is 3.45. The van der Waals surface area contributed by atoms with E-state index in [0.717, 1.165) is 41.5 Å². The summed E-state index contributed by atoms with van der Waals surface area (Å²) >= 11 is 1.62. The van der Waals surface area contributed by atoms with Crippen LogP contribution >= 0.6 is 11.3 Å². The van der Waals surface area contributed by atoms with E-state index in [0.29, 0.717) is 18.8 Å². The first-order valence-electron chi connectivity index (χ1n) is 10.7. The molecule has 156 valence electrons. The van der Waals surface area contributed by atoms with E-state index in [1.165, 1.54) is 5.56 Å². The predicted octanol–water partition coefficient (Wildman–Crippen LogP) is 4.48. The van der Waals surface area contributed by atoms with Crippen molar-refractivity contribution in [2.45, 2.75) is 64.2 Å². The minimum Gasteiger partial charge on any atom is -0.351 e. The lowest BCUT2D eigenvalue weighted by Gasteiger charge is -2.44. The third-order valence-electron chi connectivity index (χ3n) is 6.67. The van der Waals surface area contributed by atoms with Gasteiger partial charge in [0.25, 0.3) is 5.91 Å². The fraction of sp³-hybridized carbons (Fsp3) is 0.417. The molecule has 1 atom stereocenters. The van der Waals surface area contributed by atoms with E-state index in [-0.39, 0.29) is 17.9 Å². The summed E-state index contributed by atoms with van der Waals surface area (Å²) in [6.07, 6.45) is 4.37. The van der Waals surface area contributed by atoms with Crippen molar-refractivity contribution in [3.8, 4) is 0 Å². The van der Waals surface area contributed by atoms with Gasteiger partial charge in [-0.25, -0.2) is 0 Å². The van der Waals surface area contributed by atoms with Gasteiger partial charge in [0, 0.05) is 18.0 Å². The van der Waals surface area contributed by atoms with Crippen molar-refractivity contribution in [3.63, 3.8) is 0 Å². The van der Waals surface area contributed by atoms with E-state index in [4.69, 9.17) is 0 Å². The van der Waals surface area contributed by atoms with Gasteiger partial charge in [0.15, 0.2) is 0 Å². The Labute approximate surface area is 180 Å². The number of nitrogens with zero attached hydrogens (tertiary/aromatic N) is 2. The van der Waals surface area contributed by atoms with Crippen molar-refractivity contribution >= 4 is 33.4 Å². The van der Waals surface area contributed by atoms with Crippen LogP contribution in [-0.4, -0.2) is 32.9 Å². The topological polar surface area (TPSA) is 54.3 Å². The van der Waals surface area contributed by atoms with Gasteiger partial charge in [0.05, 0.1) is 6.54 Å². The van der Waals surface area contributed by atoms with E-state index in [1.807, 2.05) is 41.1 Å². The summed E-state index contributed by atoms with van der Waals surface area (Å²) in [7, 11) is 0. The van der Waals surface area contributed by atoms with Gasteiger partial charge in [-0.1, -0.05) is 42.7 Å². The van der Waals surface area contributed by atoms with Crippen molar-refractivity contribution in [2.75, 3.05) is 0 Å². The molecular weight excluding hydrogens is 394 g/mol. The van der Waals surface area contributed by atoms with E-state index in [1.54, 1.807) is 16.2 Å². The highest BCUT2D eigenvalue weighted by atomic mass is 32.1. The molecule has 0 radical (unpaired) electrons. The molecular formula is C24H27N3O2S. The third-order valence-corrected chi connectivity index (χ3v) is 7.62. The van der Waals surface area contributed by atoms with E-state index >= 15 is 0 Å². The molecule has 2 aromatic heterocycles. The quantitative estimate of drug-likeness (QED) is 0.675. The van der Waals surface area contributed by atoms with E-state index in [9.17, 15) is 9.59 Å². The average molecular weight is 422 g/mol. The molecule has 2 amide bonds. The number of thiophene rings is 1. The molecule has 1 aliphatic carbocycles. The maximum Gasteiger partial charge on any atom is 0.271 e. The van der Waals surface area contributed by atoms with Crippen LogP contribution in [0.2, 0.25) is 0 Å². The molecule has 5 nitrogen and oxygen atoms in total. The van der Waals surface area contributed by atoms with Crippen LogP contribution < -0.4 is 5.32 Å². The SMILES string of the molecule is Cc1ccc(CN2C(=O)c3cc4ccsc4n3CC2(C)C(=O)NC2CCCC2)cc1. The Hall–Kier alpha value is -2.60. The second-order valence-electron chi connectivity index (χ2n) is 8.90. The molecule has 1 N–H and O–H groups in total. The highest BCUT2D eigenvalue weighted by Gasteiger charge is 2.48. The molecule has 0 saturated heterocycles. The Bertz CT molecular complexity index is 1110. The summed E-state index contributed by atoms with van der Waals surface area (Å²) in [6.45, 7) is 4.87. The monoisotopic (exact) mass is 421 g/mol. The van der Waals surface area contributed by atoms with Crippen molar-refractivity contribution in [3.05, 3.63) is 58.6 Å². The summed E-state index contributed by atoms with van der Waals surface area (Å²) in [6, 6.07) is 12.4. The molecule has 0 bridgehead atoms. The number of amides is 2. The number of hydrogen-bond donors (Lipinski definition) is 1. The minimum absolute atomic E-state index is 0.0427. The van der Waals surface area contributed by atoms with Crippen LogP contribution in [0.5, 0.6) is 0 Å². The molecule has 0 spiro atoms. The first-order valence-corrected chi connectivity index (χ1v) is 11.6. The third kappa shape index (κ3) is 3.14. The number of hydrogen-bond acceptors (Lipinski definition) is 3. The van der Waals surface area contributed by atoms with Gasteiger partial charge >= 0.3 is 0 Å². The van der Waals surface area contributed by atoms with Crippen molar-refractivity contribution in [1.29, 1.82) is 0 Å². The molecule has 30 heavy (non-hydrogen) atoms. The molecule has 1 aromatic carbocycles. The van der Waals surface area contributed by atoms with Crippen LogP contribution in [0.4, 0.5) is 0 Å². The van der Waals surface area contributed by atoms with E-state index in [2.05, 4.69) is 24.4 Å². The normalized spacial score (nSPS) is 21.9. The largest absolute Gasteiger partial charge is 0.351 e. The number of carbonyl (C=O) groups excluding carboxylic acids is 2. The van der Waals surface area contributed by atoms with Crippen LogP contribution in [0.25, 0.3) is 10.2 Å². The predicted molar refractivity (Wildman–Crippen MR) is 120 cm³/mol. The lowest BCUT2D eigenvalue weighted by Crippen LogP contribution is -2.64. The van der Waals surface area contributed by atoms with Crippen LogP contribution in [-0.2, 0) is 17.9 Å². The van der Waals surface area contributed by atoms with Crippen LogP contribution in [0.1, 0.15) is 54.2 Å². The lowest BCUT2D eigenvalue weighted by atomic mass is 9.93. The summed E-state index contributed by atoms with van der Waals surface area (Å²) in [5.74, 6) is -0.117. The standard InChI is InChI=1S/C24H27N3O2S/c1-16-7-9-17(10-8-16)14-27-21(28)20-13-18-11-12-30-22(18)26(20)15-24(27,2)23(29)25-19-5-3-4-6-19/h7-13,19H,3-6,14-15H2,1-2H3,(H,25,29). The van der Waals surface area contributed by atoms with Gasteiger partial charge in [0.1, 0.15) is 16.1 Å². The maximum absolute atomic E-state index is 13.6. The number of fused-ring (bicyclic) bond motifs is 3. The molecule has 3 heterocycles. The number of aryl methyl sites for hydroxylation is 1. The minimum atomic E-state index is -0.937. The first kappa shape index (κ1) is 19.4. The zero-order valence-electron chi connectivity index (χ0n) is 17.5. The zero-order chi connectivity index (χ0) is 20.9. The molecule has 2 aliphatic rings. The van der Waals surface area contributed by atoms with Gasteiger partial charge in [-0.15, -0.1) is 11.3 Å². The van der Waals surface area contributed by atoms with Gasteiger partial charge in [0.2, 0.25) is 5.91 Å². The van der Waals surface area contributed by atoms with Crippen molar-refractivity contribution in [2.24, 2.45) is 0 Å². The Balaban J connectivity index is 1.54. The van der Waals surface area contributed by atoms with Crippen molar-refractivity contribution < 1.29 is 9.59 Å². The highest BCUT2D eigenvalue weighted by molar-refractivity contribution is 7.16. The number of rotatable bonds is 4. The molecule has 1 fully saturated rings. The smallest absolute Gasteiger partial charge is 0.271 e. The molecule has 5 rings (SSSR count). The summed E-state index contributed by atoms with van der Waals surface area (Å²) in [5.41, 5.74) is 1.96.